The van der Waals surface area contributed by atoms with Gasteiger partial charge in [0.2, 0.25) is 0 Å². The Kier molecular flexibility index (Phi) is 4.62. The number of rotatable bonds is 5. The summed E-state index contributed by atoms with van der Waals surface area (Å²) >= 11 is 0. The highest BCUT2D eigenvalue weighted by Gasteiger charge is 2.09. The van der Waals surface area contributed by atoms with Crippen molar-refractivity contribution in [2.45, 2.75) is 26.7 Å². The molecule has 0 fully saturated rings. The second kappa shape index (κ2) is 6.02. The number of hydrogen-bond acceptors (Lipinski definition) is 3. The third kappa shape index (κ3) is 2.95. The summed E-state index contributed by atoms with van der Waals surface area (Å²) in [6.07, 6.45) is 5.61. The van der Waals surface area contributed by atoms with Gasteiger partial charge in [0.15, 0.2) is 0 Å². The van der Waals surface area contributed by atoms with Crippen molar-refractivity contribution in [1.82, 2.24) is 4.98 Å². The van der Waals surface area contributed by atoms with Gasteiger partial charge >= 0.3 is 0 Å². The number of hydrogen-bond donors (Lipinski definition) is 0. The van der Waals surface area contributed by atoms with Gasteiger partial charge in [-0.2, -0.15) is 5.26 Å². The normalized spacial score (nSPS) is 9.67. The van der Waals surface area contributed by atoms with E-state index in [2.05, 4.69) is 29.8 Å². The van der Waals surface area contributed by atoms with Crippen LogP contribution in [-0.4, -0.2) is 18.1 Å². The third-order valence-corrected chi connectivity index (χ3v) is 2.25. The average Bonchev–Trinajstić information content (AvgIpc) is 2.29. The van der Waals surface area contributed by atoms with Gasteiger partial charge in [0.25, 0.3) is 0 Å². The minimum Gasteiger partial charge on any atom is -0.369 e. The van der Waals surface area contributed by atoms with Gasteiger partial charge in [0.05, 0.1) is 17.4 Å². The summed E-state index contributed by atoms with van der Waals surface area (Å²) in [5, 5.41) is 9.00. The Hall–Kier alpha value is -1.56. The maximum atomic E-state index is 9.00. The second-order valence-corrected chi connectivity index (χ2v) is 3.49. The minimum atomic E-state index is 0.715. The average molecular weight is 203 g/mol. The number of aromatic nitrogens is 1. The molecule has 0 aliphatic rings. The monoisotopic (exact) mass is 203 g/mol. The molecule has 0 aliphatic carbocycles. The first-order chi connectivity index (χ1) is 7.33. The molecule has 0 amide bonds. The van der Waals surface area contributed by atoms with E-state index in [4.69, 9.17) is 5.26 Å². The van der Waals surface area contributed by atoms with Crippen LogP contribution in [0.5, 0.6) is 0 Å². The zero-order valence-corrected chi connectivity index (χ0v) is 9.40. The van der Waals surface area contributed by atoms with E-state index in [9.17, 15) is 0 Å². The Bertz CT molecular complexity index is 335. The van der Waals surface area contributed by atoms with Gasteiger partial charge in [-0.05, 0) is 18.9 Å². The summed E-state index contributed by atoms with van der Waals surface area (Å²) in [6, 6.07) is 3.98. The fourth-order valence-electron chi connectivity index (χ4n) is 1.63. The maximum Gasteiger partial charge on any atom is 0.101 e. The summed E-state index contributed by atoms with van der Waals surface area (Å²) in [4.78, 5) is 6.31. The van der Waals surface area contributed by atoms with E-state index in [0.29, 0.717) is 5.56 Å². The smallest absolute Gasteiger partial charge is 0.101 e. The Morgan fingerprint density at radius 2 is 2.00 bits per heavy atom. The van der Waals surface area contributed by atoms with Crippen molar-refractivity contribution in [2.75, 3.05) is 18.0 Å². The van der Waals surface area contributed by atoms with Crippen molar-refractivity contribution in [1.29, 1.82) is 5.26 Å². The molecule has 3 heteroatoms. The molecular formula is C12H17N3. The SMILES string of the molecule is CCCN(CCC)c1cnccc1C#N. The van der Waals surface area contributed by atoms with Crippen LogP contribution in [0, 0.1) is 11.3 Å². The molecule has 0 saturated carbocycles. The molecule has 3 nitrogen and oxygen atoms in total. The summed E-state index contributed by atoms with van der Waals surface area (Å²) in [7, 11) is 0. The van der Waals surface area contributed by atoms with Crippen molar-refractivity contribution < 1.29 is 0 Å². The van der Waals surface area contributed by atoms with Gasteiger partial charge in [0, 0.05) is 19.3 Å². The predicted octanol–water partition coefficient (Wildman–Crippen LogP) is 2.58. The Morgan fingerprint density at radius 3 is 2.53 bits per heavy atom. The van der Waals surface area contributed by atoms with E-state index in [1.807, 2.05) is 0 Å². The van der Waals surface area contributed by atoms with E-state index >= 15 is 0 Å². The summed E-state index contributed by atoms with van der Waals surface area (Å²) in [5.74, 6) is 0. The molecular weight excluding hydrogens is 186 g/mol. The van der Waals surface area contributed by atoms with Gasteiger partial charge in [-0.3, -0.25) is 4.98 Å². The highest BCUT2D eigenvalue weighted by atomic mass is 15.1. The van der Waals surface area contributed by atoms with Crippen molar-refractivity contribution >= 4 is 5.69 Å². The number of nitriles is 1. The lowest BCUT2D eigenvalue weighted by Crippen LogP contribution is -2.25. The van der Waals surface area contributed by atoms with Gasteiger partial charge in [-0.25, -0.2) is 0 Å². The Morgan fingerprint density at radius 1 is 1.33 bits per heavy atom. The Balaban J connectivity index is 2.94. The first-order valence-electron chi connectivity index (χ1n) is 5.42. The van der Waals surface area contributed by atoms with Gasteiger partial charge in [-0.15, -0.1) is 0 Å². The zero-order valence-electron chi connectivity index (χ0n) is 9.40. The van der Waals surface area contributed by atoms with Crippen LogP contribution >= 0.6 is 0 Å². The van der Waals surface area contributed by atoms with E-state index < -0.39 is 0 Å². The maximum absolute atomic E-state index is 9.00. The van der Waals surface area contributed by atoms with Crippen molar-refractivity contribution in [3.8, 4) is 6.07 Å². The standard InChI is InChI=1S/C12H17N3/c1-3-7-15(8-4-2)12-10-14-6-5-11(12)9-13/h5-6,10H,3-4,7-8H2,1-2H3. The molecule has 0 aromatic carbocycles. The summed E-state index contributed by atoms with van der Waals surface area (Å²) in [6.45, 7) is 6.25. The number of anilines is 1. The zero-order chi connectivity index (χ0) is 11.1. The van der Waals surface area contributed by atoms with E-state index in [0.717, 1.165) is 31.6 Å². The van der Waals surface area contributed by atoms with Gasteiger partial charge in [0.1, 0.15) is 6.07 Å². The van der Waals surface area contributed by atoms with E-state index in [-0.39, 0.29) is 0 Å². The quantitative estimate of drug-likeness (QED) is 0.738. The predicted molar refractivity (Wildman–Crippen MR) is 61.7 cm³/mol. The van der Waals surface area contributed by atoms with Gasteiger partial charge < -0.3 is 4.90 Å². The molecule has 0 spiro atoms. The molecule has 0 aliphatic heterocycles. The van der Waals surface area contributed by atoms with Gasteiger partial charge in [-0.1, -0.05) is 13.8 Å². The second-order valence-electron chi connectivity index (χ2n) is 3.49. The fourth-order valence-corrected chi connectivity index (χ4v) is 1.63. The first-order valence-corrected chi connectivity index (χ1v) is 5.42. The molecule has 1 aromatic rings. The first kappa shape index (κ1) is 11.5. The number of pyridine rings is 1. The highest BCUT2D eigenvalue weighted by Crippen LogP contribution is 2.18. The van der Waals surface area contributed by atoms with E-state index in [1.54, 1.807) is 18.5 Å². The molecule has 1 aromatic heterocycles. The van der Waals surface area contributed by atoms with Crippen LogP contribution in [0.25, 0.3) is 0 Å². The lowest BCUT2D eigenvalue weighted by atomic mass is 10.2. The molecule has 0 radical (unpaired) electrons. The molecule has 15 heavy (non-hydrogen) atoms. The van der Waals surface area contributed by atoms with Crippen molar-refractivity contribution in [3.63, 3.8) is 0 Å². The highest BCUT2D eigenvalue weighted by molar-refractivity contribution is 5.57. The lowest BCUT2D eigenvalue weighted by Gasteiger charge is -2.24. The van der Waals surface area contributed by atoms with Crippen LogP contribution in [0.15, 0.2) is 18.5 Å². The molecule has 1 heterocycles. The largest absolute Gasteiger partial charge is 0.369 e. The Labute approximate surface area is 91.4 Å². The minimum absolute atomic E-state index is 0.715. The van der Waals surface area contributed by atoms with Crippen LogP contribution < -0.4 is 4.90 Å². The molecule has 0 saturated heterocycles. The van der Waals surface area contributed by atoms with Crippen LogP contribution in [0.1, 0.15) is 32.3 Å². The van der Waals surface area contributed by atoms with E-state index in [1.165, 1.54) is 0 Å². The number of nitrogens with zero attached hydrogens (tertiary/aromatic N) is 3. The molecule has 0 unspecified atom stereocenters. The lowest BCUT2D eigenvalue weighted by molar-refractivity contribution is 0.742. The summed E-state index contributed by atoms with van der Waals surface area (Å²) < 4.78 is 0. The molecule has 80 valence electrons. The van der Waals surface area contributed by atoms with Crippen LogP contribution in [0.2, 0.25) is 0 Å². The van der Waals surface area contributed by atoms with Crippen LogP contribution in [-0.2, 0) is 0 Å². The van der Waals surface area contributed by atoms with Crippen molar-refractivity contribution in [3.05, 3.63) is 24.0 Å². The fraction of sp³-hybridized carbons (Fsp3) is 0.500. The summed E-state index contributed by atoms with van der Waals surface area (Å²) in [5.41, 5.74) is 1.68. The topological polar surface area (TPSA) is 39.9 Å². The van der Waals surface area contributed by atoms with Crippen molar-refractivity contribution in [2.24, 2.45) is 0 Å². The molecule has 0 bridgehead atoms. The molecule has 1 rings (SSSR count). The van der Waals surface area contributed by atoms with Crippen LogP contribution in [0.4, 0.5) is 5.69 Å². The molecule has 0 atom stereocenters. The molecule has 0 N–H and O–H groups in total. The third-order valence-electron chi connectivity index (χ3n) is 2.25. The van der Waals surface area contributed by atoms with Crippen LogP contribution in [0.3, 0.4) is 0 Å².